The molecule has 0 unspecified atom stereocenters. The summed E-state index contributed by atoms with van der Waals surface area (Å²) in [4.78, 5) is 0. The summed E-state index contributed by atoms with van der Waals surface area (Å²) in [6.45, 7) is 12.8. The fourth-order valence-electron chi connectivity index (χ4n) is 2.35. The van der Waals surface area contributed by atoms with E-state index in [1.165, 1.54) is 6.42 Å². The second-order valence-electron chi connectivity index (χ2n) is 4.43. The zero-order chi connectivity index (χ0) is 9.78. The van der Waals surface area contributed by atoms with Crippen LogP contribution in [0, 0.1) is 17.3 Å². The van der Waals surface area contributed by atoms with Gasteiger partial charge in [-0.1, -0.05) is 34.6 Å². The van der Waals surface area contributed by atoms with Gasteiger partial charge in [0.05, 0.1) is 0 Å². The Morgan fingerprint density at radius 1 is 1.08 bits per heavy atom. The van der Waals surface area contributed by atoms with Crippen molar-refractivity contribution < 1.29 is 0 Å². The summed E-state index contributed by atoms with van der Waals surface area (Å²) in [6, 6.07) is 0. The Morgan fingerprint density at radius 3 is 1.58 bits per heavy atom. The molecule has 0 amide bonds. The number of rotatable bonds is 5. The molecule has 0 radical (unpaired) electrons. The molecule has 0 saturated carbocycles. The van der Waals surface area contributed by atoms with Crippen molar-refractivity contribution in [2.24, 2.45) is 17.3 Å². The Labute approximate surface area is 77.9 Å². The molecule has 0 saturated heterocycles. The Hall–Kier alpha value is -0.0400. The zero-order valence-electron chi connectivity index (χ0n) is 9.57. The molecule has 0 rings (SSSR count). The van der Waals surface area contributed by atoms with E-state index in [2.05, 4.69) is 47.0 Å². The molecule has 0 aliphatic carbocycles. The molecule has 0 aromatic rings. The molecule has 1 heteroatoms. The van der Waals surface area contributed by atoms with E-state index in [1.54, 1.807) is 0 Å². The molecule has 74 valence electrons. The van der Waals surface area contributed by atoms with Crippen molar-refractivity contribution in [3.05, 3.63) is 0 Å². The van der Waals surface area contributed by atoms with E-state index >= 15 is 0 Å². The van der Waals surface area contributed by atoms with Gasteiger partial charge < -0.3 is 5.32 Å². The van der Waals surface area contributed by atoms with Crippen LogP contribution in [0.25, 0.3) is 0 Å². The number of hydrogen-bond acceptors (Lipinski definition) is 1. The summed E-state index contributed by atoms with van der Waals surface area (Å²) in [6.07, 6.45) is 1.27. The molecule has 0 fully saturated rings. The summed E-state index contributed by atoms with van der Waals surface area (Å²) in [5, 5.41) is 3.32. The molecule has 0 aromatic carbocycles. The number of nitrogens with one attached hydrogen (secondary N) is 1. The fourth-order valence-corrected chi connectivity index (χ4v) is 2.35. The second-order valence-corrected chi connectivity index (χ2v) is 4.43. The maximum Gasteiger partial charge on any atom is 0.000961 e. The van der Waals surface area contributed by atoms with Gasteiger partial charge in [0.1, 0.15) is 0 Å². The lowest BCUT2D eigenvalue weighted by Gasteiger charge is -2.40. The molecule has 0 bridgehead atoms. The van der Waals surface area contributed by atoms with Crippen molar-refractivity contribution >= 4 is 0 Å². The van der Waals surface area contributed by atoms with Gasteiger partial charge in [-0.05, 0) is 30.7 Å². The summed E-state index contributed by atoms with van der Waals surface area (Å²) in [5.41, 5.74) is 0.481. The van der Waals surface area contributed by atoms with E-state index in [4.69, 9.17) is 0 Å². The molecular formula is C11H25N. The van der Waals surface area contributed by atoms with Gasteiger partial charge in [-0.15, -0.1) is 0 Å². The first-order valence-corrected chi connectivity index (χ1v) is 5.15. The lowest BCUT2D eigenvalue weighted by atomic mass is 9.67. The van der Waals surface area contributed by atoms with E-state index in [-0.39, 0.29) is 0 Å². The molecule has 0 spiro atoms. The van der Waals surface area contributed by atoms with Crippen molar-refractivity contribution in [1.29, 1.82) is 0 Å². The summed E-state index contributed by atoms with van der Waals surface area (Å²) >= 11 is 0. The molecular weight excluding hydrogens is 146 g/mol. The number of hydrogen-bond donors (Lipinski definition) is 1. The van der Waals surface area contributed by atoms with Crippen molar-refractivity contribution in [2.45, 2.75) is 41.0 Å². The van der Waals surface area contributed by atoms with Gasteiger partial charge in [-0.2, -0.15) is 0 Å². The van der Waals surface area contributed by atoms with Gasteiger partial charge in [-0.3, -0.25) is 0 Å². The van der Waals surface area contributed by atoms with Crippen LogP contribution in [0.1, 0.15) is 41.0 Å². The van der Waals surface area contributed by atoms with Crippen LogP contribution in [-0.4, -0.2) is 13.6 Å². The summed E-state index contributed by atoms with van der Waals surface area (Å²) in [7, 11) is 2.05. The van der Waals surface area contributed by atoms with Crippen LogP contribution in [0.15, 0.2) is 0 Å². The Balaban J connectivity index is 4.51. The van der Waals surface area contributed by atoms with Crippen molar-refractivity contribution in [2.75, 3.05) is 13.6 Å². The predicted molar refractivity (Wildman–Crippen MR) is 56.3 cm³/mol. The van der Waals surface area contributed by atoms with E-state index in [9.17, 15) is 0 Å². The summed E-state index contributed by atoms with van der Waals surface area (Å²) in [5.74, 6) is 1.52. The van der Waals surface area contributed by atoms with E-state index in [0.29, 0.717) is 5.41 Å². The van der Waals surface area contributed by atoms with Crippen LogP contribution in [0.4, 0.5) is 0 Å². The highest BCUT2D eigenvalue weighted by atomic mass is 14.8. The first kappa shape index (κ1) is 12.0. The molecule has 1 nitrogen and oxygen atoms in total. The normalized spacial score (nSPS) is 13.0. The second kappa shape index (κ2) is 4.86. The van der Waals surface area contributed by atoms with E-state index < -0.39 is 0 Å². The average molecular weight is 171 g/mol. The predicted octanol–water partition coefficient (Wildman–Crippen LogP) is 2.91. The van der Waals surface area contributed by atoms with Crippen LogP contribution in [0.2, 0.25) is 0 Å². The van der Waals surface area contributed by atoms with Gasteiger partial charge in [0.2, 0.25) is 0 Å². The molecule has 0 aromatic heterocycles. The SMILES string of the molecule is CCC(CNC)(C(C)C)C(C)C. The maximum absolute atomic E-state index is 3.32. The molecule has 0 heterocycles. The van der Waals surface area contributed by atoms with Crippen LogP contribution < -0.4 is 5.32 Å². The third-order valence-corrected chi connectivity index (χ3v) is 3.46. The van der Waals surface area contributed by atoms with Gasteiger partial charge in [0.25, 0.3) is 0 Å². The van der Waals surface area contributed by atoms with Crippen molar-refractivity contribution in [3.63, 3.8) is 0 Å². The third-order valence-electron chi connectivity index (χ3n) is 3.46. The highest BCUT2D eigenvalue weighted by Crippen LogP contribution is 2.38. The topological polar surface area (TPSA) is 12.0 Å². The monoisotopic (exact) mass is 171 g/mol. The molecule has 0 aliphatic heterocycles. The lowest BCUT2D eigenvalue weighted by Crippen LogP contribution is -2.41. The fraction of sp³-hybridized carbons (Fsp3) is 1.00. The largest absolute Gasteiger partial charge is 0.319 e. The van der Waals surface area contributed by atoms with E-state index in [0.717, 1.165) is 18.4 Å². The van der Waals surface area contributed by atoms with Crippen LogP contribution in [0.5, 0.6) is 0 Å². The minimum Gasteiger partial charge on any atom is -0.319 e. The van der Waals surface area contributed by atoms with Gasteiger partial charge in [-0.25, -0.2) is 0 Å². The van der Waals surface area contributed by atoms with Crippen LogP contribution in [-0.2, 0) is 0 Å². The summed E-state index contributed by atoms with van der Waals surface area (Å²) < 4.78 is 0. The van der Waals surface area contributed by atoms with Gasteiger partial charge in [0, 0.05) is 6.54 Å². The highest BCUT2D eigenvalue weighted by molar-refractivity contribution is 4.85. The molecule has 0 atom stereocenters. The first-order valence-electron chi connectivity index (χ1n) is 5.15. The quantitative estimate of drug-likeness (QED) is 0.670. The Kier molecular flexibility index (Phi) is 4.84. The van der Waals surface area contributed by atoms with Crippen molar-refractivity contribution in [1.82, 2.24) is 5.32 Å². The highest BCUT2D eigenvalue weighted by Gasteiger charge is 2.34. The Bertz CT molecular complexity index is 108. The Morgan fingerprint density at radius 2 is 1.50 bits per heavy atom. The zero-order valence-corrected chi connectivity index (χ0v) is 9.57. The standard InChI is InChI=1S/C11H25N/c1-7-11(8-12-6,9(2)3)10(4)5/h9-10,12H,7-8H2,1-6H3. The minimum absolute atomic E-state index is 0.481. The van der Waals surface area contributed by atoms with Gasteiger partial charge in [0.15, 0.2) is 0 Å². The van der Waals surface area contributed by atoms with Crippen molar-refractivity contribution in [3.8, 4) is 0 Å². The van der Waals surface area contributed by atoms with E-state index in [1.807, 2.05) is 0 Å². The molecule has 0 aliphatic rings. The minimum atomic E-state index is 0.481. The molecule has 12 heavy (non-hydrogen) atoms. The van der Waals surface area contributed by atoms with Crippen LogP contribution in [0.3, 0.4) is 0 Å². The third kappa shape index (κ3) is 2.22. The first-order chi connectivity index (χ1) is 5.51. The molecule has 1 N–H and O–H groups in total. The smallest absolute Gasteiger partial charge is 0.000961 e. The van der Waals surface area contributed by atoms with Gasteiger partial charge >= 0.3 is 0 Å². The maximum atomic E-state index is 3.32. The average Bonchev–Trinajstić information content (AvgIpc) is 1.98. The lowest BCUT2D eigenvalue weighted by molar-refractivity contribution is 0.106. The van der Waals surface area contributed by atoms with Crippen LogP contribution >= 0.6 is 0 Å².